The highest BCUT2D eigenvalue weighted by Crippen LogP contribution is 2.26. The molecule has 1 heterocycles. The molecule has 2 aromatic rings. The van der Waals surface area contributed by atoms with Crippen molar-refractivity contribution in [3.05, 3.63) is 59.2 Å². The third-order valence-corrected chi connectivity index (χ3v) is 5.72. The average Bonchev–Trinajstić information content (AvgIpc) is 2.49. The molecule has 0 atom stereocenters. The van der Waals surface area contributed by atoms with Crippen molar-refractivity contribution in [3.63, 3.8) is 0 Å². The SMILES string of the molecule is Cc1ccc(NC(=O)c2ccc3c(c2)CCCS3(=O)=O)cc1. The predicted octanol–water partition coefficient (Wildman–Crippen LogP) is 2.97. The molecule has 1 aliphatic heterocycles. The number of anilines is 1. The molecule has 2 aromatic carbocycles. The zero-order valence-corrected chi connectivity index (χ0v) is 13.1. The molecule has 1 N–H and O–H groups in total. The molecule has 0 bridgehead atoms. The maximum absolute atomic E-state index is 12.3. The fourth-order valence-electron chi connectivity index (χ4n) is 2.62. The molecule has 3 rings (SSSR count). The second kappa shape index (κ2) is 5.57. The van der Waals surface area contributed by atoms with Crippen molar-refractivity contribution in [2.75, 3.05) is 11.1 Å². The summed E-state index contributed by atoms with van der Waals surface area (Å²) in [5.41, 5.74) is 3.07. The van der Waals surface area contributed by atoms with E-state index in [-0.39, 0.29) is 11.7 Å². The van der Waals surface area contributed by atoms with E-state index in [0.29, 0.717) is 23.3 Å². The number of rotatable bonds is 2. The summed E-state index contributed by atoms with van der Waals surface area (Å²) in [5, 5.41) is 2.82. The molecular weight excluding hydrogens is 298 g/mol. The highest BCUT2D eigenvalue weighted by atomic mass is 32.2. The van der Waals surface area contributed by atoms with Gasteiger partial charge < -0.3 is 5.32 Å². The Balaban J connectivity index is 1.86. The van der Waals surface area contributed by atoms with Crippen LogP contribution in [0.25, 0.3) is 0 Å². The lowest BCUT2D eigenvalue weighted by molar-refractivity contribution is 0.102. The van der Waals surface area contributed by atoms with Crippen LogP contribution in [0.4, 0.5) is 5.69 Å². The molecule has 1 amide bonds. The molecule has 0 radical (unpaired) electrons. The Morgan fingerprint density at radius 2 is 1.82 bits per heavy atom. The lowest BCUT2D eigenvalue weighted by atomic mass is 10.1. The number of sulfone groups is 1. The summed E-state index contributed by atoms with van der Waals surface area (Å²) in [6, 6.07) is 12.4. The number of hydrogen-bond donors (Lipinski definition) is 1. The van der Waals surface area contributed by atoms with Gasteiger partial charge in [0.1, 0.15) is 0 Å². The first-order valence-electron chi connectivity index (χ1n) is 7.19. The molecule has 0 spiro atoms. The van der Waals surface area contributed by atoms with Crippen LogP contribution >= 0.6 is 0 Å². The van der Waals surface area contributed by atoms with Gasteiger partial charge in [-0.25, -0.2) is 8.42 Å². The first kappa shape index (κ1) is 14.8. The van der Waals surface area contributed by atoms with Gasteiger partial charge in [-0.15, -0.1) is 0 Å². The van der Waals surface area contributed by atoms with Crippen molar-refractivity contribution in [2.24, 2.45) is 0 Å². The fraction of sp³-hybridized carbons (Fsp3) is 0.235. The Morgan fingerprint density at radius 1 is 1.09 bits per heavy atom. The maximum atomic E-state index is 12.3. The fourth-order valence-corrected chi connectivity index (χ4v) is 4.20. The zero-order chi connectivity index (χ0) is 15.7. The monoisotopic (exact) mass is 315 g/mol. The molecule has 4 nitrogen and oxygen atoms in total. The number of carbonyl (C=O) groups excluding carboxylic acids is 1. The van der Waals surface area contributed by atoms with E-state index < -0.39 is 9.84 Å². The third-order valence-electron chi connectivity index (χ3n) is 3.83. The quantitative estimate of drug-likeness (QED) is 0.926. The number of carbonyl (C=O) groups is 1. The van der Waals surface area contributed by atoms with Crippen molar-refractivity contribution in [2.45, 2.75) is 24.7 Å². The van der Waals surface area contributed by atoms with Crippen molar-refractivity contribution in [3.8, 4) is 0 Å². The smallest absolute Gasteiger partial charge is 0.255 e. The molecule has 5 heteroatoms. The Hall–Kier alpha value is -2.14. The van der Waals surface area contributed by atoms with Crippen LogP contribution in [-0.2, 0) is 16.3 Å². The Morgan fingerprint density at radius 3 is 2.55 bits per heavy atom. The van der Waals surface area contributed by atoms with Crippen LogP contribution in [0.2, 0.25) is 0 Å². The van der Waals surface area contributed by atoms with Crippen molar-refractivity contribution in [1.29, 1.82) is 0 Å². The first-order valence-corrected chi connectivity index (χ1v) is 8.85. The second-order valence-corrected chi connectivity index (χ2v) is 7.64. The minimum absolute atomic E-state index is 0.189. The van der Waals surface area contributed by atoms with Gasteiger partial charge in [-0.2, -0.15) is 0 Å². The average molecular weight is 315 g/mol. The molecule has 0 unspecified atom stereocenters. The van der Waals surface area contributed by atoms with Crippen LogP contribution in [0.15, 0.2) is 47.4 Å². The lowest BCUT2D eigenvalue weighted by Gasteiger charge is -2.17. The Kier molecular flexibility index (Phi) is 3.74. The minimum atomic E-state index is -3.18. The van der Waals surface area contributed by atoms with Crippen LogP contribution in [0.5, 0.6) is 0 Å². The van der Waals surface area contributed by atoms with Gasteiger partial charge in [-0.05, 0) is 55.7 Å². The van der Waals surface area contributed by atoms with Gasteiger partial charge in [0.15, 0.2) is 9.84 Å². The minimum Gasteiger partial charge on any atom is -0.322 e. The molecule has 1 aliphatic rings. The van der Waals surface area contributed by atoms with E-state index in [1.54, 1.807) is 18.2 Å². The van der Waals surface area contributed by atoms with Gasteiger partial charge in [-0.1, -0.05) is 17.7 Å². The summed E-state index contributed by atoms with van der Waals surface area (Å²) in [7, 11) is -3.18. The van der Waals surface area contributed by atoms with Gasteiger partial charge >= 0.3 is 0 Å². The van der Waals surface area contributed by atoms with Crippen molar-refractivity contribution in [1.82, 2.24) is 0 Å². The highest BCUT2D eigenvalue weighted by Gasteiger charge is 2.24. The molecule has 114 valence electrons. The standard InChI is InChI=1S/C17H17NO3S/c1-12-4-7-15(8-5-12)18-17(19)14-6-9-16-13(11-14)3-2-10-22(16,20)21/h4-9,11H,2-3,10H2,1H3,(H,18,19). The summed E-state index contributed by atoms with van der Waals surface area (Å²) in [4.78, 5) is 12.7. The first-order chi connectivity index (χ1) is 10.5. The van der Waals surface area contributed by atoms with Gasteiger partial charge in [0, 0.05) is 11.3 Å². The lowest BCUT2D eigenvalue weighted by Crippen LogP contribution is -2.18. The number of amides is 1. The van der Waals surface area contributed by atoms with E-state index in [0.717, 1.165) is 16.8 Å². The summed E-state index contributed by atoms with van der Waals surface area (Å²) < 4.78 is 24.0. The number of aryl methyl sites for hydroxylation is 2. The van der Waals surface area contributed by atoms with E-state index in [1.807, 2.05) is 31.2 Å². The van der Waals surface area contributed by atoms with Crippen LogP contribution in [0, 0.1) is 6.92 Å². The third kappa shape index (κ3) is 2.90. The van der Waals surface area contributed by atoms with Crippen molar-refractivity contribution >= 4 is 21.4 Å². The number of hydrogen-bond acceptors (Lipinski definition) is 3. The highest BCUT2D eigenvalue weighted by molar-refractivity contribution is 7.91. The van der Waals surface area contributed by atoms with E-state index in [1.165, 1.54) is 0 Å². The van der Waals surface area contributed by atoms with E-state index in [4.69, 9.17) is 0 Å². The van der Waals surface area contributed by atoms with E-state index >= 15 is 0 Å². The largest absolute Gasteiger partial charge is 0.322 e. The molecule has 0 aromatic heterocycles. The van der Waals surface area contributed by atoms with Gasteiger partial charge in [0.2, 0.25) is 0 Å². The maximum Gasteiger partial charge on any atom is 0.255 e. The topological polar surface area (TPSA) is 63.2 Å². The van der Waals surface area contributed by atoms with Crippen molar-refractivity contribution < 1.29 is 13.2 Å². The van der Waals surface area contributed by atoms with Gasteiger partial charge in [0.25, 0.3) is 5.91 Å². The van der Waals surface area contributed by atoms with Crippen LogP contribution < -0.4 is 5.32 Å². The van der Waals surface area contributed by atoms with Crippen LogP contribution in [0.1, 0.15) is 27.9 Å². The molecule has 22 heavy (non-hydrogen) atoms. The summed E-state index contributed by atoms with van der Waals surface area (Å²) in [6.45, 7) is 1.98. The Bertz CT molecular complexity index is 823. The van der Waals surface area contributed by atoms with Gasteiger partial charge in [-0.3, -0.25) is 4.79 Å². The number of benzene rings is 2. The molecule has 0 fully saturated rings. The van der Waals surface area contributed by atoms with E-state index in [9.17, 15) is 13.2 Å². The number of fused-ring (bicyclic) bond motifs is 1. The molecule has 0 saturated carbocycles. The zero-order valence-electron chi connectivity index (χ0n) is 12.3. The summed E-state index contributed by atoms with van der Waals surface area (Å²) in [6.07, 6.45) is 1.30. The Labute approximate surface area is 130 Å². The summed E-state index contributed by atoms with van der Waals surface area (Å²) in [5.74, 6) is -0.0378. The number of nitrogens with one attached hydrogen (secondary N) is 1. The summed E-state index contributed by atoms with van der Waals surface area (Å²) >= 11 is 0. The van der Waals surface area contributed by atoms with Crippen LogP contribution in [-0.4, -0.2) is 20.1 Å². The molecule has 0 saturated heterocycles. The molecular formula is C17H17NO3S. The molecule has 0 aliphatic carbocycles. The normalized spacial score (nSPS) is 15.9. The van der Waals surface area contributed by atoms with Crippen LogP contribution in [0.3, 0.4) is 0 Å². The van der Waals surface area contributed by atoms with E-state index in [2.05, 4.69) is 5.32 Å². The predicted molar refractivity (Wildman–Crippen MR) is 85.9 cm³/mol. The van der Waals surface area contributed by atoms with Gasteiger partial charge in [0.05, 0.1) is 10.6 Å². The second-order valence-electron chi connectivity index (χ2n) is 5.57.